The van der Waals surface area contributed by atoms with E-state index in [0.29, 0.717) is 30.2 Å². The molecule has 1 aromatic rings. The molecule has 5 nitrogen and oxygen atoms in total. The Morgan fingerprint density at radius 3 is 2.68 bits per heavy atom. The fourth-order valence-corrected chi connectivity index (χ4v) is 2.59. The van der Waals surface area contributed by atoms with Gasteiger partial charge in [0.05, 0.1) is 18.3 Å². The Morgan fingerprint density at radius 1 is 1.28 bits per heavy atom. The molecule has 2 rings (SSSR count). The summed E-state index contributed by atoms with van der Waals surface area (Å²) in [7, 11) is 1.30. The standard InChI is InChI=1S/C20H21NO4/c1-5-10-21-14(3)18(20(23)24-4)17(19(21)22)13-15-8-7-9-16(12-15)25-11-6-2/h5-9,12-13H,1-2,10-11H2,3-4H3/b17-13-. The van der Waals surface area contributed by atoms with Crippen molar-refractivity contribution in [2.45, 2.75) is 6.92 Å². The summed E-state index contributed by atoms with van der Waals surface area (Å²) in [5.74, 6) is -0.138. The predicted molar refractivity (Wildman–Crippen MR) is 96.7 cm³/mol. The Morgan fingerprint density at radius 2 is 2.04 bits per heavy atom. The highest BCUT2D eigenvalue weighted by Gasteiger charge is 2.36. The minimum Gasteiger partial charge on any atom is -0.490 e. The Hall–Kier alpha value is -3.08. The molecule has 0 aliphatic carbocycles. The second-order valence-electron chi connectivity index (χ2n) is 5.39. The van der Waals surface area contributed by atoms with Gasteiger partial charge in [-0.15, -0.1) is 6.58 Å². The van der Waals surface area contributed by atoms with Crippen LogP contribution in [0.25, 0.3) is 6.08 Å². The molecule has 0 fully saturated rings. The quantitative estimate of drug-likeness (QED) is 0.435. The molecule has 1 aromatic carbocycles. The number of carbonyl (C=O) groups excluding carboxylic acids is 2. The number of esters is 1. The maximum Gasteiger partial charge on any atom is 0.340 e. The van der Waals surface area contributed by atoms with Crippen LogP contribution in [-0.2, 0) is 14.3 Å². The van der Waals surface area contributed by atoms with Gasteiger partial charge in [-0.05, 0) is 30.7 Å². The van der Waals surface area contributed by atoms with E-state index in [-0.39, 0.29) is 11.5 Å². The lowest BCUT2D eigenvalue weighted by Gasteiger charge is -2.14. The van der Waals surface area contributed by atoms with Crippen molar-refractivity contribution in [1.82, 2.24) is 4.90 Å². The highest BCUT2D eigenvalue weighted by Crippen LogP contribution is 2.31. The van der Waals surface area contributed by atoms with Gasteiger partial charge in [0.25, 0.3) is 5.91 Å². The van der Waals surface area contributed by atoms with Crippen LogP contribution in [0.3, 0.4) is 0 Å². The summed E-state index contributed by atoms with van der Waals surface area (Å²) in [6.07, 6.45) is 4.94. The van der Waals surface area contributed by atoms with Gasteiger partial charge in [0, 0.05) is 12.2 Å². The van der Waals surface area contributed by atoms with Crippen LogP contribution in [0.15, 0.2) is 66.4 Å². The van der Waals surface area contributed by atoms with Crippen LogP contribution < -0.4 is 4.74 Å². The molecule has 1 aliphatic rings. The third kappa shape index (κ3) is 3.88. The van der Waals surface area contributed by atoms with Gasteiger partial charge in [0.1, 0.15) is 12.4 Å². The first-order chi connectivity index (χ1) is 12.0. The van der Waals surface area contributed by atoms with Gasteiger partial charge in [0.2, 0.25) is 0 Å². The van der Waals surface area contributed by atoms with E-state index in [1.807, 2.05) is 18.2 Å². The van der Waals surface area contributed by atoms with Gasteiger partial charge in [-0.25, -0.2) is 4.79 Å². The third-order valence-corrected chi connectivity index (χ3v) is 3.75. The summed E-state index contributed by atoms with van der Waals surface area (Å²) >= 11 is 0. The van der Waals surface area contributed by atoms with Gasteiger partial charge in [-0.2, -0.15) is 0 Å². The number of benzene rings is 1. The van der Waals surface area contributed by atoms with Gasteiger partial charge in [-0.1, -0.05) is 30.9 Å². The lowest BCUT2D eigenvalue weighted by molar-refractivity contribution is -0.136. The maximum atomic E-state index is 12.7. The molecule has 25 heavy (non-hydrogen) atoms. The van der Waals surface area contributed by atoms with E-state index in [9.17, 15) is 9.59 Å². The van der Waals surface area contributed by atoms with Crippen LogP contribution in [0.5, 0.6) is 5.75 Å². The first-order valence-electron chi connectivity index (χ1n) is 7.81. The summed E-state index contributed by atoms with van der Waals surface area (Å²) < 4.78 is 10.3. The highest BCUT2D eigenvalue weighted by atomic mass is 16.5. The third-order valence-electron chi connectivity index (χ3n) is 3.75. The summed E-state index contributed by atoms with van der Waals surface area (Å²) in [6, 6.07) is 7.26. The molecule has 0 aromatic heterocycles. The monoisotopic (exact) mass is 339 g/mol. The number of rotatable bonds is 7. The molecule has 0 saturated heterocycles. The van der Waals surface area contributed by atoms with Crippen LogP contribution in [0.2, 0.25) is 0 Å². The molecule has 0 bridgehead atoms. The fourth-order valence-electron chi connectivity index (χ4n) is 2.59. The van der Waals surface area contributed by atoms with Crippen molar-refractivity contribution in [3.05, 3.63) is 72.0 Å². The minimum absolute atomic E-state index is 0.254. The van der Waals surface area contributed by atoms with E-state index in [4.69, 9.17) is 9.47 Å². The average molecular weight is 339 g/mol. The molecular weight excluding hydrogens is 318 g/mol. The van der Waals surface area contributed by atoms with Gasteiger partial charge < -0.3 is 14.4 Å². The molecule has 0 atom stereocenters. The molecule has 0 unspecified atom stereocenters. The molecule has 1 heterocycles. The van der Waals surface area contributed by atoms with Crippen molar-refractivity contribution in [1.29, 1.82) is 0 Å². The van der Waals surface area contributed by atoms with Gasteiger partial charge in [0.15, 0.2) is 0 Å². The number of ether oxygens (including phenoxy) is 2. The van der Waals surface area contributed by atoms with Crippen LogP contribution in [0, 0.1) is 0 Å². The fraction of sp³-hybridized carbons (Fsp3) is 0.200. The van der Waals surface area contributed by atoms with E-state index in [1.54, 1.807) is 31.2 Å². The summed E-state index contributed by atoms with van der Waals surface area (Å²) in [4.78, 5) is 26.4. The van der Waals surface area contributed by atoms with E-state index >= 15 is 0 Å². The van der Waals surface area contributed by atoms with E-state index < -0.39 is 5.97 Å². The van der Waals surface area contributed by atoms with E-state index in [2.05, 4.69) is 13.2 Å². The van der Waals surface area contributed by atoms with Crippen molar-refractivity contribution in [2.75, 3.05) is 20.3 Å². The van der Waals surface area contributed by atoms with Crippen LogP contribution >= 0.6 is 0 Å². The number of hydrogen-bond donors (Lipinski definition) is 0. The molecule has 0 spiro atoms. The summed E-state index contributed by atoms with van der Waals surface area (Å²) in [6.45, 7) is 9.70. The Bertz CT molecular complexity index is 774. The second kappa shape index (κ2) is 8.15. The number of allylic oxidation sites excluding steroid dienone is 1. The van der Waals surface area contributed by atoms with Crippen LogP contribution in [-0.4, -0.2) is 37.0 Å². The molecule has 1 amide bonds. The molecule has 0 N–H and O–H groups in total. The number of methoxy groups -OCH3 is 1. The zero-order valence-corrected chi connectivity index (χ0v) is 14.5. The van der Waals surface area contributed by atoms with Crippen molar-refractivity contribution in [3.8, 4) is 5.75 Å². The number of amides is 1. The van der Waals surface area contributed by atoms with Crippen LogP contribution in [0.1, 0.15) is 12.5 Å². The van der Waals surface area contributed by atoms with Gasteiger partial charge >= 0.3 is 5.97 Å². The number of carbonyl (C=O) groups is 2. The van der Waals surface area contributed by atoms with E-state index in [1.165, 1.54) is 12.0 Å². The second-order valence-corrected chi connectivity index (χ2v) is 5.39. The SMILES string of the molecule is C=CCOc1cccc(/C=C2\C(=O)N(CC=C)C(C)=C2C(=O)OC)c1. The van der Waals surface area contributed by atoms with Gasteiger partial charge in [-0.3, -0.25) is 4.79 Å². The highest BCUT2D eigenvalue weighted by molar-refractivity contribution is 6.16. The lowest BCUT2D eigenvalue weighted by atomic mass is 10.0. The maximum absolute atomic E-state index is 12.7. The van der Waals surface area contributed by atoms with E-state index in [0.717, 1.165) is 5.56 Å². The normalized spacial score (nSPS) is 15.5. The lowest BCUT2D eigenvalue weighted by Crippen LogP contribution is -2.24. The Balaban J connectivity index is 2.46. The van der Waals surface area contributed by atoms with Crippen molar-refractivity contribution < 1.29 is 19.1 Å². The Kier molecular flexibility index (Phi) is 5.95. The minimum atomic E-state index is -0.539. The zero-order chi connectivity index (χ0) is 18.4. The first kappa shape index (κ1) is 18.3. The first-order valence-corrected chi connectivity index (χ1v) is 7.81. The topological polar surface area (TPSA) is 55.8 Å². The summed E-state index contributed by atoms with van der Waals surface area (Å²) in [5, 5.41) is 0. The number of nitrogens with zero attached hydrogens (tertiary/aromatic N) is 1. The smallest absolute Gasteiger partial charge is 0.340 e. The van der Waals surface area contributed by atoms with Crippen molar-refractivity contribution in [2.24, 2.45) is 0 Å². The molecule has 0 radical (unpaired) electrons. The average Bonchev–Trinajstić information content (AvgIpc) is 2.84. The Labute approximate surface area is 147 Å². The molecule has 1 aliphatic heterocycles. The largest absolute Gasteiger partial charge is 0.490 e. The summed E-state index contributed by atoms with van der Waals surface area (Å²) in [5.41, 5.74) is 1.88. The zero-order valence-electron chi connectivity index (χ0n) is 14.5. The number of hydrogen-bond acceptors (Lipinski definition) is 4. The molecule has 130 valence electrons. The molecule has 5 heteroatoms. The van der Waals surface area contributed by atoms with Crippen LogP contribution in [0.4, 0.5) is 0 Å². The van der Waals surface area contributed by atoms with Crippen molar-refractivity contribution in [3.63, 3.8) is 0 Å². The predicted octanol–water partition coefficient (Wildman–Crippen LogP) is 3.11. The molecular formula is C20H21NO4. The van der Waals surface area contributed by atoms with Crippen molar-refractivity contribution >= 4 is 18.0 Å². The molecule has 0 saturated carbocycles.